The summed E-state index contributed by atoms with van der Waals surface area (Å²) in [5.41, 5.74) is 14.9. The zero-order chi connectivity index (χ0) is 38.1. The van der Waals surface area contributed by atoms with Gasteiger partial charge in [0.15, 0.2) is 5.82 Å². The van der Waals surface area contributed by atoms with Gasteiger partial charge in [-0.2, -0.15) is 0 Å². The molecule has 268 valence electrons. The number of fused-ring (bicyclic) bond motifs is 7. The maximum Gasteiger partial charge on any atom is 0.161 e. The first-order valence-corrected chi connectivity index (χ1v) is 19.7. The molecule has 0 amide bonds. The van der Waals surface area contributed by atoms with Gasteiger partial charge in [0, 0.05) is 22.1 Å². The lowest BCUT2D eigenvalue weighted by Gasteiger charge is -2.25. The molecule has 1 aromatic heterocycles. The number of aromatic nitrogens is 2. The largest absolute Gasteiger partial charge is 0.228 e. The normalized spacial score (nSPS) is 12.9. The van der Waals surface area contributed by atoms with E-state index in [1.807, 2.05) is 0 Å². The van der Waals surface area contributed by atoms with E-state index >= 15 is 0 Å². The van der Waals surface area contributed by atoms with Crippen molar-refractivity contribution in [3.8, 4) is 67.3 Å². The molecule has 0 fully saturated rings. The first-order valence-electron chi connectivity index (χ1n) is 19.7. The first kappa shape index (κ1) is 33.2. The molecule has 0 saturated heterocycles. The fourth-order valence-electron chi connectivity index (χ4n) is 9.38. The zero-order valence-electron chi connectivity index (χ0n) is 31.9. The van der Waals surface area contributed by atoms with Gasteiger partial charge < -0.3 is 0 Å². The lowest BCUT2D eigenvalue weighted by molar-refractivity contribution is 0.662. The summed E-state index contributed by atoms with van der Waals surface area (Å²) in [6, 6.07) is 70.1. The fourth-order valence-corrected chi connectivity index (χ4v) is 9.38. The van der Waals surface area contributed by atoms with Gasteiger partial charge in [-0.3, -0.25) is 0 Å². The van der Waals surface area contributed by atoms with E-state index in [0.717, 1.165) is 38.9 Å². The van der Waals surface area contributed by atoms with Crippen LogP contribution in [-0.4, -0.2) is 9.97 Å². The van der Waals surface area contributed by atoms with Gasteiger partial charge in [-0.1, -0.05) is 196 Å². The summed E-state index contributed by atoms with van der Waals surface area (Å²) < 4.78 is 0. The highest BCUT2D eigenvalue weighted by molar-refractivity contribution is 6.19. The Morgan fingerprint density at radius 3 is 1.74 bits per heavy atom. The van der Waals surface area contributed by atoms with Crippen LogP contribution < -0.4 is 0 Å². The molecule has 0 radical (unpaired) electrons. The Labute approximate surface area is 332 Å². The van der Waals surface area contributed by atoms with Crippen molar-refractivity contribution >= 4 is 32.3 Å². The average Bonchev–Trinajstić information content (AvgIpc) is 3.51. The average molecular weight is 727 g/mol. The van der Waals surface area contributed by atoms with E-state index in [-0.39, 0.29) is 5.41 Å². The highest BCUT2D eigenvalue weighted by Gasteiger charge is 2.37. The van der Waals surface area contributed by atoms with Gasteiger partial charge in [0.05, 0.1) is 11.4 Å². The van der Waals surface area contributed by atoms with Crippen molar-refractivity contribution in [2.75, 3.05) is 0 Å². The summed E-state index contributed by atoms with van der Waals surface area (Å²) in [6.07, 6.45) is 0. The predicted octanol–water partition coefficient (Wildman–Crippen LogP) is 14.6. The number of hydrogen-bond acceptors (Lipinski definition) is 2. The molecule has 0 unspecified atom stereocenters. The second-order valence-corrected chi connectivity index (χ2v) is 15.7. The van der Waals surface area contributed by atoms with Crippen molar-refractivity contribution in [2.24, 2.45) is 0 Å². The van der Waals surface area contributed by atoms with Crippen molar-refractivity contribution in [3.05, 3.63) is 205 Å². The van der Waals surface area contributed by atoms with Crippen LogP contribution in [0.4, 0.5) is 0 Å². The molecule has 1 aliphatic carbocycles. The molecule has 2 nitrogen and oxygen atoms in total. The molecule has 1 aliphatic rings. The quantitative estimate of drug-likeness (QED) is 0.130. The molecule has 0 spiro atoms. The Bertz CT molecular complexity index is 3190. The Kier molecular flexibility index (Phi) is 7.55. The van der Waals surface area contributed by atoms with Crippen LogP contribution in [0, 0.1) is 0 Å². The second kappa shape index (κ2) is 13.0. The smallest absolute Gasteiger partial charge is 0.161 e. The molecule has 0 N–H and O–H groups in total. The Morgan fingerprint density at radius 1 is 0.351 bits per heavy atom. The summed E-state index contributed by atoms with van der Waals surface area (Å²) in [7, 11) is 0. The Morgan fingerprint density at radius 2 is 0.930 bits per heavy atom. The maximum absolute atomic E-state index is 5.59. The first-order chi connectivity index (χ1) is 28.0. The monoisotopic (exact) mass is 726 g/mol. The minimum absolute atomic E-state index is 0.164. The predicted molar refractivity (Wildman–Crippen MR) is 239 cm³/mol. The van der Waals surface area contributed by atoms with Gasteiger partial charge in [0.2, 0.25) is 0 Å². The van der Waals surface area contributed by atoms with Gasteiger partial charge in [0.25, 0.3) is 0 Å². The summed E-state index contributed by atoms with van der Waals surface area (Å²) in [6.45, 7) is 4.72. The second-order valence-electron chi connectivity index (χ2n) is 15.7. The summed E-state index contributed by atoms with van der Waals surface area (Å²) >= 11 is 0. The molecule has 57 heavy (non-hydrogen) atoms. The van der Waals surface area contributed by atoms with E-state index in [9.17, 15) is 0 Å². The lowest BCUT2D eigenvalue weighted by atomic mass is 9.78. The molecule has 11 rings (SSSR count). The molecular formula is C55H38N2. The van der Waals surface area contributed by atoms with Crippen LogP contribution in [-0.2, 0) is 5.41 Å². The third kappa shape index (κ3) is 5.33. The molecule has 1 heterocycles. The topological polar surface area (TPSA) is 25.8 Å². The van der Waals surface area contributed by atoms with Gasteiger partial charge in [-0.15, -0.1) is 0 Å². The third-order valence-corrected chi connectivity index (χ3v) is 12.1. The molecule has 10 aromatic rings. The molecular weight excluding hydrogens is 689 g/mol. The van der Waals surface area contributed by atoms with E-state index in [1.54, 1.807) is 0 Å². The minimum Gasteiger partial charge on any atom is -0.228 e. The van der Waals surface area contributed by atoms with E-state index < -0.39 is 0 Å². The summed E-state index contributed by atoms with van der Waals surface area (Å²) in [5, 5.41) is 7.09. The van der Waals surface area contributed by atoms with Crippen molar-refractivity contribution in [1.29, 1.82) is 0 Å². The van der Waals surface area contributed by atoms with E-state index in [0.29, 0.717) is 5.82 Å². The van der Waals surface area contributed by atoms with Crippen LogP contribution in [0.1, 0.15) is 25.0 Å². The molecule has 0 aliphatic heterocycles. The molecule has 9 aromatic carbocycles. The summed E-state index contributed by atoms with van der Waals surface area (Å²) in [4.78, 5) is 11.1. The van der Waals surface area contributed by atoms with Crippen LogP contribution in [0.5, 0.6) is 0 Å². The highest BCUT2D eigenvalue weighted by atomic mass is 14.9. The molecule has 0 atom stereocenters. The van der Waals surface area contributed by atoms with Gasteiger partial charge in [0.1, 0.15) is 0 Å². The van der Waals surface area contributed by atoms with E-state index in [4.69, 9.17) is 9.97 Å². The van der Waals surface area contributed by atoms with Crippen LogP contribution in [0.3, 0.4) is 0 Å². The van der Waals surface area contributed by atoms with Crippen molar-refractivity contribution in [1.82, 2.24) is 9.97 Å². The zero-order valence-corrected chi connectivity index (χ0v) is 31.9. The standard InChI is InChI=1S/C55H38N2/c1-55(2)49-26-13-12-22-43(49)47-25-14-24-46(53(47)55)42-21-10-11-23-44(42)51-34-50(38-29-27-36(28-30-38)35-15-4-3-5-16-35)56-54(57-51)52-41-20-9-7-18-39(41)33-48-40-19-8-6-17-37(40)31-32-45(48)52/h3-34H,1-2H3. The molecule has 0 saturated carbocycles. The van der Waals surface area contributed by atoms with Gasteiger partial charge in [-0.05, 0) is 89.0 Å². The van der Waals surface area contributed by atoms with Crippen LogP contribution in [0.2, 0.25) is 0 Å². The molecule has 0 bridgehead atoms. The summed E-state index contributed by atoms with van der Waals surface area (Å²) in [5.74, 6) is 0.715. The SMILES string of the molecule is CC1(C)c2ccccc2-c2cccc(-c3ccccc3-c3cc(-c4ccc(-c5ccccc5)cc4)nc(-c4c5ccccc5cc5c4ccc4ccccc45)n3)c21. The van der Waals surface area contributed by atoms with Crippen LogP contribution in [0.15, 0.2) is 194 Å². The third-order valence-electron chi connectivity index (χ3n) is 12.1. The number of benzene rings is 9. The van der Waals surface area contributed by atoms with E-state index in [2.05, 4.69) is 208 Å². The Balaban J connectivity index is 1.18. The Hall–Kier alpha value is -7.16. The van der Waals surface area contributed by atoms with Crippen molar-refractivity contribution < 1.29 is 0 Å². The number of nitrogens with zero attached hydrogens (tertiary/aromatic N) is 2. The lowest BCUT2D eigenvalue weighted by Crippen LogP contribution is -2.16. The van der Waals surface area contributed by atoms with Crippen molar-refractivity contribution in [2.45, 2.75) is 19.3 Å². The highest BCUT2D eigenvalue weighted by Crippen LogP contribution is 2.53. The van der Waals surface area contributed by atoms with E-state index in [1.165, 1.54) is 66.1 Å². The number of rotatable bonds is 5. The maximum atomic E-state index is 5.59. The van der Waals surface area contributed by atoms with Gasteiger partial charge >= 0.3 is 0 Å². The van der Waals surface area contributed by atoms with Crippen LogP contribution >= 0.6 is 0 Å². The molecule has 2 heteroatoms. The number of hydrogen-bond donors (Lipinski definition) is 0. The minimum atomic E-state index is -0.164. The van der Waals surface area contributed by atoms with Gasteiger partial charge in [-0.25, -0.2) is 9.97 Å². The van der Waals surface area contributed by atoms with Crippen molar-refractivity contribution in [3.63, 3.8) is 0 Å². The fraction of sp³-hybridized carbons (Fsp3) is 0.0545. The van der Waals surface area contributed by atoms with Crippen LogP contribution in [0.25, 0.3) is 99.6 Å².